The van der Waals surface area contributed by atoms with E-state index in [0.29, 0.717) is 6.54 Å². The van der Waals surface area contributed by atoms with Crippen molar-refractivity contribution in [1.29, 1.82) is 0 Å². The fraction of sp³-hybridized carbons (Fsp3) is 0.278. The molecule has 212 valence electrons. The van der Waals surface area contributed by atoms with Gasteiger partial charge in [0.25, 0.3) is 5.91 Å². The lowest BCUT2D eigenvalue weighted by Gasteiger charge is -2.36. The van der Waals surface area contributed by atoms with Crippen LogP contribution in [0.25, 0.3) is 11.0 Å². The van der Waals surface area contributed by atoms with Crippen molar-refractivity contribution in [1.82, 2.24) is 9.47 Å². The van der Waals surface area contributed by atoms with Gasteiger partial charge in [-0.25, -0.2) is 9.13 Å². The third kappa shape index (κ3) is 4.44. The number of carbonyl (C=O) groups is 1. The van der Waals surface area contributed by atoms with Crippen molar-refractivity contribution in [3.8, 4) is 0 Å². The van der Waals surface area contributed by atoms with Gasteiger partial charge in [0.15, 0.2) is 17.6 Å². The molecule has 4 aromatic carbocycles. The third-order valence-electron chi connectivity index (χ3n) is 9.47. The minimum absolute atomic E-state index is 0.0131. The Labute approximate surface area is 256 Å². The van der Waals surface area contributed by atoms with Gasteiger partial charge in [0, 0.05) is 34.2 Å². The van der Waals surface area contributed by atoms with Crippen LogP contribution in [-0.4, -0.2) is 28.1 Å². The fourth-order valence-electron chi connectivity index (χ4n) is 7.12. The SMILES string of the molecule is Cc1cc2c(cc1C)[n+](Cc1ccccc1Br)cn2CC(=O)N1CCC2(C)c3ccccc3N(Cc3ccccc3)C12. The molecule has 2 aliphatic heterocycles. The molecule has 0 aliphatic carbocycles. The first-order valence-electron chi connectivity index (χ1n) is 14.8. The molecular formula is C36H36BrN4O+. The highest BCUT2D eigenvalue weighted by molar-refractivity contribution is 9.10. The van der Waals surface area contributed by atoms with Gasteiger partial charge in [0.1, 0.15) is 12.7 Å². The Balaban J connectivity index is 1.24. The Morgan fingerprint density at radius 3 is 2.48 bits per heavy atom. The number of fused-ring (bicyclic) bond motifs is 4. The molecule has 1 amide bonds. The summed E-state index contributed by atoms with van der Waals surface area (Å²) in [5.41, 5.74) is 9.68. The van der Waals surface area contributed by atoms with E-state index in [1.807, 2.05) is 6.07 Å². The summed E-state index contributed by atoms with van der Waals surface area (Å²) in [6.45, 7) is 9.22. The average Bonchev–Trinajstić information content (AvgIpc) is 3.58. The summed E-state index contributed by atoms with van der Waals surface area (Å²) in [6, 6.07) is 32.2. The first-order chi connectivity index (χ1) is 20.3. The Morgan fingerprint density at radius 2 is 1.67 bits per heavy atom. The molecule has 5 nitrogen and oxygen atoms in total. The number of rotatable bonds is 6. The van der Waals surface area contributed by atoms with E-state index in [-0.39, 0.29) is 17.5 Å². The Bertz CT molecular complexity index is 1810. The number of hydrogen-bond acceptors (Lipinski definition) is 2. The largest absolute Gasteiger partial charge is 0.346 e. The minimum Gasteiger partial charge on any atom is -0.346 e. The molecule has 0 N–H and O–H groups in total. The van der Waals surface area contributed by atoms with Crippen LogP contribution in [0.4, 0.5) is 5.69 Å². The number of anilines is 1. The molecule has 2 unspecified atom stereocenters. The van der Waals surface area contributed by atoms with Crippen LogP contribution in [0.3, 0.4) is 0 Å². The topological polar surface area (TPSA) is 32.4 Å². The highest BCUT2D eigenvalue weighted by Crippen LogP contribution is 2.52. The molecule has 7 rings (SSSR count). The minimum atomic E-state index is -0.104. The zero-order chi connectivity index (χ0) is 29.0. The lowest BCUT2D eigenvalue weighted by molar-refractivity contribution is -0.663. The predicted octanol–water partition coefficient (Wildman–Crippen LogP) is 6.89. The van der Waals surface area contributed by atoms with Gasteiger partial charge in [-0.1, -0.05) is 89.6 Å². The van der Waals surface area contributed by atoms with Gasteiger partial charge in [-0.3, -0.25) is 4.79 Å². The molecule has 0 saturated carbocycles. The molecule has 0 spiro atoms. The van der Waals surface area contributed by atoms with E-state index in [9.17, 15) is 4.79 Å². The standard InChI is InChI=1S/C36H36BrN4O/c1-25-19-32-33(20-26(25)2)39(24-38(32)22-28-13-7-9-15-30(28)37)23-34(42)40-18-17-36(3)29-14-8-10-16-31(29)41(35(36)40)21-27-11-5-4-6-12-27/h4-16,19-20,24,35H,17-18,21-23H2,1-3H3/q+1. The highest BCUT2D eigenvalue weighted by Gasteiger charge is 2.55. The average molecular weight is 621 g/mol. The van der Waals surface area contributed by atoms with Gasteiger partial charge in [-0.15, -0.1) is 0 Å². The van der Waals surface area contributed by atoms with Gasteiger partial charge < -0.3 is 9.80 Å². The van der Waals surface area contributed by atoms with Crippen molar-refractivity contribution in [2.45, 2.75) is 58.4 Å². The van der Waals surface area contributed by atoms with Crippen LogP contribution in [-0.2, 0) is 29.8 Å². The molecule has 2 atom stereocenters. The maximum atomic E-state index is 14.3. The van der Waals surface area contributed by atoms with Crippen molar-refractivity contribution in [3.63, 3.8) is 0 Å². The van der Waals surface area contributed by atoms with E-state index in [2.05, 4.69) is 147 Å². The number of benzene rings is 4. The number of likely N-dealkylation sites (tertiary alicyclic amines) is 1. The molecule has 1 fully saturated rings. The van der Waals surface area contributed by atoms with Gasteiger partial charge >= 0.3 is 0 Å². The van der Waals surface area contributed by atoms with Crippen molar-refractivity contribution >= 4 is 38.6 Å². The molecule has 3 heterocycles. The molecule has 6 heteroatoms. The molecule has 0 radical (unpaired) electrons. The van der Waals surface area contributed by atoms with Crippen LogP contribution < -0.4 is 9.47 Å². The smallest absolute Gasteiger partial charge is 0.266 e. The Kier molecular flexibility index (Phi) is 6.69. The maximum Gasteiger partial charge on any atom is 0.266 e. The van der Waals surface area contributed by atoms with Gasteiger partial charge in [-0.2, -0.15) is 0 Å². The number of nitrogens with zero attached hydrogens (tertiary/aromatic N) is 4. The number of carbonyl (C=O) groups excluding carboxylic acids is 1. The lowest BCUT2D eigenvalue weighted by Crippen LogP contribution is -2.51. The number of aryl methyl sites for hydroxylation is 2. The van der Waals surface area contributed by atoms with Gasteiger partial charge in [-0.05, 0) is 66.8 Å². The van der Waals surface area contributed by atoms with E-state index in [1.54, 1.807) is 0 Å². The molecule has 0 bridgehead atoms. The van der Waals surface area contributed by atoms with Crippen molar-refractivity contribution in [2.75, 3.05) is 11.4 Å². The number of aromatic nitrogens is 2. The molecular weight excluding hydrogens is 584 g/mol. The van der Waals surface area contributed by atoms with Crippen LogP contribution in [0.1, 0.15) is 41.2 Å². The molecule has 1 saturated heterocycles. The van der Waals surface area contributed by atoms with E-state index in [1.165, 1.54) is 33.5 Å². The second kappa shape index (κ2) is 10.4. The molecule has 2 aliphatic rings. The van der Waals surface area contributed by atoms with Crippen molar-refractivity contribution in [2.24, 2.45) is 0 Å². The van der Waals surface area contributed by atoms with E-state index in [0.717, 1.165) is 41.6 Å². The zero-order valence-corrected chi connectivity index (χ0v) is 26.0. The number of para-hydroxylation sites is 1. The van der Waals surface area contributed by atoms with Gasteiger partial charge in [0.05, 0.1) is 0 Å². The maximum absolute atomic E-state index is 14.3. The second-order valence-corrected chi connectivity index (χ2v) is 13.0. The predicted molar refractivity (Wildman–Crippen MR) is 171 cm³/mol. The first kappa shape index (κ1) is 27.0. The fourth-order valence-corrected chi connectivity index (χ4v) is 7.53. The summed E-state index contributed by atoms with van der Waals surface area (Å²) in [7, 11) is 0. The number of imidazole rings is 1. The number of hydrogen-bond donors (Lipinski definition) is 0. The normalized spacial score (nSPS) is 19.4. The van der Waals surface area contributed by atoms with E-state index < -0.39 is 0 Å². The summed E-state index contributed by atoms with van der Waals surface area (Å²) >= 11 is 3.72. The quantitative estimate of drug-likeness (QED) is 0.194. The Morgan fingerprint density at radius 1 is 0.952 bits per heavy atom. The van der Waals surface area contributed by atoms with E-state index in [4.69, 9.17) is 0 Å². The van der Waals surface area contributed by atoms with Crippen LogP contribution in [0.15, 0.2) is 102 Å². The zero-order valence-electron chi connectivity index (χ0n) is 24.4. The molecule has 42 heavy (non-hydrogen) atoms. The number of amides is 1. The first-order valence-corrected chi connectivity index (χ1v) is 15.6. The summed E-state index contributed by atoms with van der Waals surface area (Å²) in [5.74, 6) is 0.165. The van der Waals surface area contributed by atoms with Crippen LogP contribution in [0.5, 0.6) is 0 Å². The third-order valence-corrected chi connectivity index (χ3v) is 10.2. The summed E-state index contributed by atoms with van der Waals surface area (Å²) in [5, 5.41) is 0. The van der Waals surface area contributed by atoms with Crippen LogP contribution in [0, 0.1) is 13.8 Å². The molecule has 1 aromatic heterocycles. The van der Waals surface area contributed by atoms with E-state index >= 15 is 0 Å². The van der Waals surface area contributed by atoms with Crippen LogP contribution >= 0.6 is 15.9 Å². The Hall–Kier alpha value is -3.90. The summed E-state index contributed by atoms with van der Waals surface area (Å²) < 4.78 is 5.52. The van der Waals surface area contributed by atoms with Gasteiger partial charge in [0.2, 0.25) is 6.33 Å². The summed E-state index contributed by atoms with van der Waals surface area (Å²) in [6.07, 6.45) is 3.07. The lowest BCUT2D eigenvalue weighted by atomic mass is 9.81. The number of halogens is 1. The molecule has 5 aromatic rings. The summed E-state index contributed by atoms with van der Waals surface area (Å²) in [4.78, 5) is 18.9. The highest BCUT2D eigenvalue weighted by atomic mass is 79.9. The van der Waals surface area contributed by atoms with Crippen LogP contribution in [0.2, 0.25) is 0 Å². The monoisotopic (exact) mass is 619 g/mol. The second-order valence-electron chi connectivity index (χ2n) is 12.1. The van der Waals surface area contributed by atoms with Crippen molar-refractivity contribution in [3.05, 3.63) is 130 Å². The van der Waals surface area contributed by atoms with Crippen molar-refractivity contribution < 1.29 is 9.36 Å².